The second-order valence-corrected chi connectivity index (χ2v) is 8.21. The fourth-order valence-electron chi connectivity index (χ4n) is 2.57. The molecular weight excluding hydrogens is 382 g/mol. The number of benzene rings is 1. The van der Waals surface area contributed by atoms with E-state index in [9.17, 15) is 13.2 Å². The number of nitrogens with zero attached hydrogens (tertiary/aromatic N) is 2. The average molecular weight is 406 g/mol. The van der Waals surface area contributed by atoms with E-state index in [0.29, 0.717) is 37.7 Å². The molecule has 26 heavy (non-hydrogen) atoms. The van der Waals surface area contributed by atoms with E-state index in [0.717, 1.165) is 23.7 Å². The van der Waals surface area contributed by atoms with Crippen molar-refractivity contribution in [2.45, 2.75) is 0 Å². The van der Waals surface area contributed by atoms with Gasteiger partial charge in [0.25, 0.3) is 0 Å². The highest BCUT2D eigenvalue weighted by Crippen LogP contribution is 2.30. The number of nitrogens with one attached hydrogen (secondary N) is 1. The van der Waals surface area contributed by atoms with Crippen molar-refractivity contribution in [3.8, 4) is 5.75 Å². The molecule has 0 bridgehead atoms. The Labute approximate surface area is 159 Å². The van der Waals surface area contributed by atoms with E-state index in [4.69, 9.17) is 21.1 Å². The maximum Gasteiger partial charge on any atom is 0.240 e. The number of rotatable bonds is 8. The number of amides is 1. The molecule has 1 aliphatic heterocycles. The van der Waals surface area contributed by atoms with Gasteiger partial charge in [-0.25, -0.2) is 8.42 Å². The molecule has 1 amide bonds. The van der Waals surface area contributed by atoms with Crippen LogP contribution in [0.25, 0.3) is 0 Å². The van der Waals surface area contributed by atoms with Crippen molar-refractivity contribution in [1.29, 1.82) is 0 Å². The number of carbonyl (C=O) groups is 1. The molecule has 8 nitrogen and oxygen atoms in total. The van der Waals surface area contributed by atoms with Crippen LogP contribution in [0.1, 0.15) is 0 Å². The van der Waals surface area contributed by atoms with Crippen molar-refractivity contribution in [2.24, 2.45) is 0 Å². The zero-order valence-electron chi connectivity index (χ0n) is 14.9. The Morgan fingerprint density at radius 2 is 2.08 bits per heavy atom. The normalized spacial score (nSPS) is 15.5. The number of sulfonamides is 1. The molecule has 1 aliphatic rings. The number of methoxy groups -OCH3 is 1. The van der Waals surface area contributed by atoms with Crippen LogP contribution in [0.3, 0.4) is 0 Å². The lowest BCUT2D eigenvalue weighted by Gasteiger charge is -2.27. The minimum Gasteiger partial charge on any atom is -0.495 e. The molecule has 1 saturated heterocycles. The van der Waals surface area contributed by atoms with Crippen molar-refractivity contribution in [2.75, 3.05) is 63.6 Å². The van der Waals surface area contributed by atoms with Gasteiger partial charge >= 0.3 is 0 Å². The third kappa shape index (κ3) is 6.01. The Morgan fingerprint density at radius 3 is 2.65 bits per heavy atom. The second-order valence-electron chi connectivity index (χ2n) is 5.89. The average Bonchev–Trinajstić information content (AvgIpc) is 2.59. The molecular formula is C16H24ClN3O5S. The van der Waals surface area contributed by atoms with Crippen LogP contribution >= 0.6 is 11.6 Å². The van der Waals surface area contributed by atoms with Gasteiger partial charge in [-0.3, -0.25) is 14.0 Å². The number of halogens is 1. The number of anilines is 1. The van der Waals surface area contributed by atoms with E-state index in [1.807, 2.05) is 0 Å². The van der Waals surface area contributed by atoms with Gasteiger partial charge in [-0.15, -0.1) is 0 Å². The zero-order chi connectivity index (χ0) is 19.2. The molecule has 0 radical (unpaired) electrons. The molecule has 10 heteroatoms. The van der Waals surface area contributed by atoms with Gasteiger partial charge in [-0.05, 0) is 18.2 Å². The largest absolute Gasteiger partial charge is 0.495 e. The van der Waals surface area contributed by atoms with E-state index in [1.165, 1.54) is 13.2 Å². The first kappa shape index (κ1) is 20.8. The summed E-state index contributed by atoms with van der Waals surface area (Å²) in [4.78, 5) is 14.4. The van der Waals surface area contributed by atoms with Gasteiger partial charge in [0, 0.05) is 26.2 Å². The van der Waals surface area contributed by atoms with Crippen molar-refractivity contribution < 1.29 is 22.7 Å². The number of hydrogen-bond donors (Lipinski definition) is 1. The Morgan fingerprint density at radius 1 is 1.38 bits per heavy atom. The van der Waals surface area contributed by atoms with E-state index < -0.39 is 10.0 Å². The lowest BCUT2D eigenvalue weighted by atomic mass is 10.3. The topological polar surface area (TPSA) is 88.2 Å². The van der Waals surface area contributed by atoms with Gasteiger partial charge in [0.15, 0.2) is 0 Å². The molecule has 0 unspecified atom stereocenters. The summed E-state index contributed by atoms with van der Waals surface area (Å²) in [6.45, 7) is 3.86. The molecule has 1 aromatic carbocycles. The van der Waals surface area contributed by atoms with Crippen LogP contribution in [0.2, 0.25) is 5.02 Å². The Balaban J connectivity index is 1.97. The summed E-state index contributed by atoms with van der Waals surface area (Å²) >= 11 is 6.07. The van der Waals surface area contributed by atoms with Crippen LogP contribution in [-0.2, 0) is 19.6 Å². The molecule has 0 atom stereocenters. The number of morpholine rings is 1. The van der Waals surface area contributed by atoms with Crippen LogP contribution in [0.15, 0.2) is 18.2 Å². The molecule has 1 fully saturated rings. The lowest BCUT2D eigenvalue weighted by Crippen LogP contribution is -2.44. The van der Waals surface area contributed by atoms with E-state index >= 15 is 0 Å². The maximum absolute atomic E-state index is 12.2. The van der Waals surface area contributed by atoms with Crippen LogP contribution in [0, 0.1) is 0 Å². The first-order valence-corrected chi connectivity index (χ1v) is 10.4. The minimum atomic E-state index is -3.65. The fraction of sp³-hybridized carbons (Fsp3) is 0.562. The van der Waals surface area contributed by atoms with Gasteiger partial charge in [0.2, 0.25) is 15.9 Å². The summed E-state index contributed by atoms with van der Waals surface area (Å²) in [5.74, 6) is 0.0504. The van der Waals surface area contributed by atoms with Gasteiger partial charge in [0.05, 0.1) is 37.3 Å². The first-order valence-electron chi connectivity index (χ1n) is 8.19. The van der Waals surface area contributed by atoms with Crippen LogP contribution in [0.4, 0.5) is 5.69 Å². The number of hydrogen-bond acceptors (Lipinski definition) is 6. The molecule has 0 saturated carbocycles. The highest BCUT2D eigenvalue weighted by Gasteiger charge is 2.22. The molecule has 0 aromatic heterocycles. The lowest BCUT2D eigenvalue weighted by molar-refractivity contribution is -0.119. The monoisotopic (exact) mass is 405 g/mol. The van der Waals surface area contributed by atoms with Crippen molar-refractivity contribution in [3.63, 3.8) is 0 Å². The Kier molecular flexibility index (Phi) is 7.51. The predicted octanol–water partition coefficient (Wildman–Crippen LogP) is 0.563. The third-order valence-corrected chi connectivity index (χ3v) is 5.40. The van der Waals surface area contributed by atoms with Gasteiger partial charge in [0.1, 0.15) is 12.3 Å². The molecule has 0 aliphatic carbocycles. The summed E-state index contributed by atoms with van der Waals surface area (Å²) in [5, 5.41) is 3.02. The fourth-order valence-corrected chi connectivity index (χ4v) is 3.68. The maximum atomic E-state index is 12.2. The minimum absolute atomic E-state index is 0.270. The van der Waals surface area contributed by atoms with Gasteiger partial charge < -0.3 is 14.8 Å². The van der Waals surface area contributed by atoms with E-state index in [-0.39, 0.29) is 17.5 Å². The Hall–Kier alpha value is -1.55. The smallest absolute Gasteiger partial charge is 0.240 e. The molecule has 146 valence electrons. The van der Waals surface area contributed by atoms with Gasteiger partial charge in [-0.1, -0.05) is 11.6 Å². The van der Waals surface area contributed by atoms with Crippen molar-refractivity contribution >= 4 is 33.2 Å². The van der Waals surface area contributed by atoms with E-state index in [1.54, 1.807) is 12.1 Å². The van der Waals surface area contributed by atoms with Crippen LogP contribution < -0.4 is 14.4 Å². The third-order valence-electron chi connectivity index (χ3n) is 3.96. The highest BCUT2D eigenvalue weighted by molar-refractivity contribution is 7.92. The molecule has 0 spiro atoms. The standard InChI is InChI=1S/C16H24ClN3O5S/c1-24-15-4-3-13(11-14(15)17)20(26(2,22)23)12-16(21)18-5-6-19-7-9-25-10-8-19/h3-4,11H,5-10,12H2,1-2H3,(H,18,21). The predicted molar refractivity (Wildman–Crippen MR) is 100 cm³/mol. The summed E-state index contributed by atoms with van der Waals surface area (Å²) in [6.07, 6.45) is 1.05. The summed E-state index contributed by atoms with van der Waals surface area (Å²) in [6, 6.07) is 4.57. The van der Waals surface area contributed by atoms with E-state index in [2.05, 4.69) is 10.2 Å². The second kappa shape index (κ2) is 9.40. The zero-order valence-corrected chi connectivity index (χ0v) is 16.5. The first-order chi connectivity index (χ1) is 12.3. The highest BCUT2D eigenvalue weighted by atomic mass is 35.5. The molecule has 2 rings (SSSR count). The van der Waals surface area contributed by atoms with Crippen LogP contribution in [0.5, 0.6) is 5.75 Å². The molecule has 1 heterocycles. The van der Waals surface area contributed by atoms with Crippen molar-refractivity contribution in [3.05, 3.63) is 23.2 Å². The summed E-state index contributed by atoms with van der Waals surface area (Å²) in [5.41, 5.74) is 0.307. The van der Waals surface area contributed by atoms with Crippen LogP contribution in [-0.4, -0.2) is 78.5 Å². The number of carbonyl (C=O) groups excluding carboxylic acids is 1. The summed E-state index contributed by atoms with van der Waals surface area (Å²) < 4.78 is 35.6. The van der Waals surface area contributed by atoms with Crippen molar-refractivity contribution in [1.82, 2.24) is 10.2 Å². The van der Waals surface area contributed by atoms with Gasteiger partial charge in [-0.2, -0.15) is 0 Å². The summed E-state index contributed by atoms with van der Waals surface area (Å²) in [7, 11) is -2.18. The Bertz CT molecular complexity index is 723. The molecule has 1 N–H and O–H groups in total. The number of ether oxygens (including phenoxy) is 2. The SMILES string of the molecule is COc1ccc(N(CC(=O)NCCN2CCOCC2)S(C)(=O)=O)cc1Cl. The molecule has 1 aromatic rings. The quantitative estimate of drug-likeness (QED) is 0.680.